The SMILES string of the molecule is C[C@H](NC(=O)[C@H]1CC(=O)N(Cc2ccco2)C1)[C@@H]1CCCO1. The molecule has 0 bridgehead atoms. The molecule has 1 aromatic rings. The minimum Gasteiger partial charge on any atom is -0.467 e. The third kappa shape index (κ3) is 3.32. The molecule has 3 atom stereocenters. The molecule has 3 heterocycles. The van der Waals surface area contributed by atoms with Crippen LogP contribution in [0.4, 0.5) is 0 Å². The maximum absolute atomic E-state index is 12.3. The monoisotopic (exact) mass is 306 g/mol. The molecule has 2 aliphatic rings. The van der Waals surface area contributed by atoms with E-state index in [1.165, 1.54) is 0 Å². The van der Waals surface area contributed by atoms with E-state index < -0.39 is 0 Å². The second kappa shape index (κ2) is 6.52. The number of likely N-dealkylation sites (tertiary alicyclic amines) is 1. The van der Waals surface area contributed by atoms with E-state index in [1.807, 2.05) is 13.0 Å². The molecule has 22 heavy (non-hydrogen) atoms. The van der Waals surface area contributed by atoms with Gasteiger partial charge in [-0.05, 0) is 31.9 Å². The number of ether oxygens (including phenoxy) is 1. The molecule has 0 unspecified atom stereocenters. The highest BCUT2D eigenvalue weighted by atomic mass is 16.5. The quantitative estimate of drug-likeness (QED) is 0.890. The van der Waals surface area contributed by atoms with Crippen LogP contribution in [0.2, 0.25) is 0 Å². The summed E-state index contributed by atoms with van der Waals surface area (Å²) in [5.41, 5.74) is 0. The average Bonchev–Trinajstić information content (AvgIpc) is 3.22. The third-order valence-electron chi connectivity index (χ3n) is 4.40. The van der Waals surface area contributed by atoms with E-state index in [1.54, 1.807) is 17.2 Å². The van der Waals surface area contributed by atoms with Crippen LogP contribution >= 0.6 is 0 Å². The van der Waals surface area contributed by atoms with Crippen molar-refractivity contribution in [2.24, 2.45) is 5.92 Å². The smallest absolute Gasteiger partial charge is 0.225 e. The third-order valence-corrected chi connectivity index (χ3v) is 4.40. The Kier molecular flexibility index (Phi) is 4.47. The van der Waals surface area contributed by atoms with Crippen LogP contribution in [0.25, 0.3) is 0 Å². The molecule has 3 rings (SSSR count). The molecule has 0 radical (unpaired) electrons. The van der Waals surface area contributed by atoms with E-state index in [9.17, 15) is 9.59 Å². The second-order valence-electron chi connectivity index (χ2n) is 6.10. The topological polar surface area (TPSA) is 71.8 Å². The molecular formula is C16H22N2O4. The molecule has 6 heteroatoms. The summed E-state index contributed by atoms with van der Waals surface area (Å²) in [5.74, 6) is 0.396. The van der Waals surface area contributed by atoms with Crippen LogP contribution < -0.4 is 5.32 Å². The normalized spacial score (nSPS) is 26.4. The van der Waals surface area contributed by atoms with Crippen LogP contribution in [0.1, 0.15) is 31.9 Å². The van der Waals surface area contributed by atoms with E-state index >= 15 is 0 Å². The van der Waals surface area contributed by atoms with Gasteiger partial charge in [0.15, 0.2) is 0 Å². The van der Waals surface area contributed by atoms with Crippen molar-refractivity contribution in [2.75, 3.05) is 13.2 Å². The fraction of sp³-hybridized carbons (Fsp3) is 0.625. The van der Waals surface area contributed by atoms with Gasteiger partial charge in [0.2, 0.25) is 11.8 Å². The zero-order valence-electron chi connectivity index (χ0n) is 12.8. The Morgan fingerprint density at radius 3 is 3.09 bits per heavy atom. The Labute approximate surface area is 129 Å². The minimum absolute atomic E-state index is 0.00122. The summed E-state index contributed by atoms with van der Waals surface area (Å²) in [6, 6.07) is 3.62. The maximum Gasteiger partial charge on any atom is 0.225 e. The number of hydrogen-bond acceptors (Lipinski definition) is 4. The highest BCUT2D eigenvalue weighted by Gasteiger charge is 2.36. The van der Waals surface area contributed by atoms with Crippen molar-refractivity contribution >= 4 is 11.8 Å². The maximum atomic E-state index is 12.3. The van der Waals surface area contributed by atoms with Gasteiger partial charge < -0.3 is 19.4 Å². The Morgan fingerprint density at radius 1 is 1.55 bits per heavy atom. The summed E-state index contributed by atoms with van der Waals surface area (Å²) in [7, 11) is 0. The highest BCUT2D eigenvalue weighted by molar-refractivity contribution is 5.89. The Hall–Kier alpha value is -1.82. The first-order valence-corrected chi connectivity index (χ1v) is 7.85. The zero-order chi connectivity index (χ0) is 15.5. The largest absolute Gasteiger partial charge is 0.467 e. The van der Waals surface area contributed by atoms with Gasteiger partial charge in [-0.2, -0.15) is 0 Å². The van der Waals surface area contributed by atoms with Crippen LogP contribution in [0.3, 0.4) is 0 Å². The van der Waals surface area contributed by atoms with Gasteiger partial charge >= 0.3 is 0 Å². The predicted molar refractivity (Wildman–Crippen MR) is 78.8 cm³/mol. The Morgan fingerprint density at radius 2 is 2.41 bits per heavy atom. The van der Waals surface area contributed by atoms with Gasteiger partial charge in [0.25, 0.3) is 0 Å². The molecular weight excluding hydrogens is 284 g/mol. The molecule has 6 nitrogen and oxygen atoms in total. The van der Waals surface area contributed by atoms with Crippen molar-refractivity contribution in [1.82, 2.24) is 10.2 Å². The van der Waals surface area contributed by atoms with Crippen molar-refractivity contribution < 1.29 is 18.7 Å². The zero-order valence-corrected chi connectivity index (χ0v) is 12.8. The number of nitrogens with zero attached hydrogens (tertiary/aromatic N) is 1. The summed E-state index contributed by atoms with van der Waals surface area (Å²) < 4.78 is 10.8. The van der Waals surface area contributed by atoms with Crippen molar-refractivity contribution in [2.45, 2.75) is 44.9 Å². The van der Waals surface area contributed by atoms with Crippen molar-refractivity contribution in [1.29, 1.82) is 0 Å². The number of furan rings is 1. The lowest BCUT2D eigenvalue weighted by molar-refractivity contribution is -0.129. The number of nitrogens with one attached hydrogen (secondary N) is 1. The molecule has 0 aliphatic carbocycles. The van der Waals surface area contributed by atoms with E-state index in [-0.39, 0.29) is 36.3 Å². The highest BCUT2D eigenvalue weighted by Crippen LogP contribution is 2.22. The Balaban J connectivity index is 1.52. The number of carbonyl (C=O) groups excluding carboxylic acids is 2. The molecule has 1 aromatic heterocycles. The van der Waals surface area contributed by atoms with Crippen LogP contribution in [0.5, 0.6) is 0 Å². The van der Waals surface area contributed by atoms with E-state index in [0.29, 0.717) is 13.1 Å². The molecule has 2 aliphatic heterocycles. The van der Waals surface area contributed by atoms with Gasteiger partial charge in [-0.25, -0.2) is 0 Å². The second-order valence-corrected chi connectivity index (χ2v) is 6.10. The predicted octanol–water partition coefficient (Wildman–Crippen LogP) is 1.31. The minimum atomic E-state index is -0.286. The van der Waals surface area contributed by atoms with Gasteiger partial charge in [0, 0.05) is 19.6 Å². The van der Waals surface area contributed by atoms with Crippen molar-refractivity contribution in [3.63, 3.8) is 0 Å². The van der Waals surface area contributed by atoms with Gasteiger partial charge in [0.05, 0.1) is 30.9 Å². The first-order valence-electron chi connectivity index (χ1n) is 7.85. The average molecular weight is 306 g/mol. The summed E-state index contributed by atoms with van der Waals surface area (Å²) in [6.45, 7) is 3.61. The summed E-state index contributed by atoms with van der Waals surface area (Å²) in [6.07, 6.45) is 3.98. The molecule has 2 fully saturated rings. The lowest BCUT2D eigenvalue weighted by atomic mass is 10.1. The van der Waals surface area contributed by atoms with Gasteiger partial charge in [-0.3, -0.25) is 9.59 Å². The molecule has 2 amide bonds. The van der Waals surface area contributed by atoms with E-state index in [4.69, 9.17) is 9.15 Å². The number of carbonyl (C=O) groups is 2. The molecule has 0 aromatic carbocycles. The molecule has 2 saturated heterocycles. The summed E-state index contributed by atoms with van der Waals surface area (Å²) in [5, 5.41) is 3.00. The Bertz CT molecular complexity index is 522. The van der Waals surface area contributed by atoms with E-state index in [2.05, 4.69) is 5.32 Å². The molecule has 120 valence electrons. The molecule has 1 N–H and O–H groups in total. The fourth-order valence-corrected chi connectivity index (χ4v) is 3.12. The summed E-state index contributed by atoms with van der Waals surface area (Å²) in [4.78, 5) is 26.1. The number of hydrogen-bond donors (Lipinski definition) is 1. The van der Waals surface area contributed by atoms with E-state index in [0.717, 1.165) is 25.2 Å². The first-order chi connectivity index (χ1) is 10.6. The van der Waals surface area contributed by atoms with Crippen LogP contribution in [-0.4, -0.2) is 42.0 Å². The first kappa shape index (κ1) is 15.1. The van der Waals surface area contributed by atoms with Crippen LogP contribution in [0, 0.1) is 5.92 Å². The summed E-state index contributed by atoms with van der Waals surface area (Å²) >= 11 is 0. The van der Waals surface area contributed by atoms with Crippen LogP contribution in [-0.2, 0) is 20.9 Å². The number of amides is 2. The lowest BCUT2D eigenvalue weighted by Crippen LogP contribution is -2.44. The van der Waals surface area contributed by atoms with Gasteiger partial charge in [-0.15, -0.1) is 0 Å². The van der Waals surface area contributed by atoms with Gasteiger partial charge in [-0.1, -0.05) is 0 Å². The molecule has 0 spiro atoms. The molecule has 0 saturated carbocycles. The lowest BCUT2D eigenvalue weighted by Gasteiger charge is -2.22. The van der Waals surface area contributed by atoms with Gasteiger partial charge in [0.1, 0.15) is 5.76 Å². The van der Waals surface area contributed by atoms with Crippen LogP contribution in [0.15, 0.2) is 22.8 Å². The standard InChI is InChI=1S/C16H22N2O4/c1-11(14-5-3-7-22-14)17-16(20)12-8-15(19)18(9-12)10-13-4-2-6-21-13/h2,4,6,11-12,14H,3,5,7-10H2,1H3,(H,17,20)/t11-,12-,14-/m0/s1. The van der Waals surface area contributed by atoms with Crippen molar-refractivity contribution in [3.05, 3.63) is 24.2 Å². The van der Waals surface area contributed by atoms with Crippen molar-refractivity contribution in [3.8, 4) is 0 Å². The fourth-order valence-electron chi connectivity index (χ4n) is 3.12. The number of rotatable bonds is 5.